The molecule has 5 aromatic carbocycles. The summed E-state index contributed by atoms with van der Waals surface area (Å²) < 4.78 is 0. The van der Waals surface area contributed by atoms with Crippen molar-refractivity contribution in [3.8, 4) is 0 Å². The Morgan fingerprint density at radius 1 is 0.636 bits per heavy atom. The van der Waals surface area contributed by atoms with Gasteiger partial charge in [0.15, 0.2) is 0 Å². The predicted octanol–water partition coefficient (Wildman–Crippen LogP) is 8.64. The van der Waals surface area contributed by atoms with Crippen molar-refractivity contribution in [2.75, 3.05) is 5.73 Å². The van der Waals surface area contributed by atoms with Crippen LogP contribution in [0.1, 0.15) is 48.6 Å². The van der Waals surface area contributed by atoms with Crippen molar-refractivity contribution >= 4 is 61.5 Å². The van der Waals surface area contributed by atoms with E-state index in [4.69, 9.17) is 5.73 Å². The van der Waals surface area contributed by atoms with E-state index >= 15 is 0 Å². The standard InChI is InChI=1S/C30H29NS2/c1-30(2,3)24-12-18-7-9-25-22-11-23(26-10-8-19(13-24)27(18)28(25)26)17-33-15-21-6-4-5-20(29(21)31)14-32-16-22/h4-13H,14-17,31H2,1-3H3. The Kier molecular flexibility index (Phi) is 5.04. The molecule has 0 amide bonds. The zero-order valence-electron chi connectivity index (χ0n) is 19.5. The largest absolute Gasteiger partial charge is 0.398 e. The maximum atomic E-state index is 6.52. The summed E-state index contributed by atoms with van der Waals surface area (Å²) in [5.74, 6) is 3.92. The van der Waals surface area contributed by atoms with Gasteiger partial charge in [-0.05, 0) is 65.5 Å². The third kappa shape index (κ3) is 3.57. The highest BCUT2D eigenvalue weighted by atomic mass is 32.2. The summed E-state index contributed by atoms with van der Waals surface area (Å²) in [7, 11) is 0. The molecule has 0 aromatic heterocycles. The molecule has 4 bridgehead atoms. The van der Waals surface area contributed by atoms with Crippen LogP contribution < -0.4 is 5.73 Å². The van der Waals surface area contributed by atoms with E-state index in [0.717, 1.165) is 28.7 Å². The van der Waals surface area contributed by atoms with Crippen LogP contribution in [0.25, 0.3) is 32.3 Å². The molecule has 2 N–H and O–H groups in total. The van der Waals surface area contributed by atoms with Gasteiger partial charge < -0.3 is 5.73 Å². The zero-order valence-corrected chi connectivity index (χ0v) is 21.1. The lowest BCUT2D eigenvalue weighted by Gasteiger charge is -2.23. The molecule has 3 heteroatoms. The molecular formula is C30H29NS2. The summed E-state index contributed by atoms with van der Waals surface area (Å²) in [6, 6.07) is 23.2. The molecule has 0 radical (unpaired) electrons. The number of hydrogen-bond donors (Lipinski definition) is 1. The van der Waals surface area contributed by atoms with Crippen molar-refractivity contribution in [1.29, 1.82) is 0 Å². The molecule has 166 valence electrons. The molecule has 6 rings (SSSR count). The molecule has 0 saturated heterocycles. The van der Waals surface area contributed by atoms with Gasteiger partial charge >= 0.3 is 0 Å². The maximum absolute atomic E-state index is 6.52. The second-order valence-corrected chi connectivity index (χ2v) is 12.3. The van der Waals surface area contributed by atoms with Gasteiger partial charge in [-0.3, -0.25) is 0 Å². The number of fused-ring (bicyclic) bond motifs is 6. The average molecular weight is 468 g/mol. The fourth-order valence-electron chi connectivity index (χ4n) is 5.20. The first kappa shape index (κ1) is 21.2. The second kappa shape index (κ2) is 7.85. The van der Waals surface area contributed by atoms with E-state index in [1.807, 2.05) is 23.5 Å². The van der Waals surface area contributed by atoms with Crippen LogP contribution in [0.3, 0.4) is 0 Å². The smallest absolute Gasteiger partial charge is 0.0396 e. The molecule has 1 nitrogen and oxygen atoms in total. The van der Waals surface area contributed by atoms with Crippen molar-refractivity contribution in [3.05, 3.63) is 88.5 Å². The first-order valence-electron chi connectivity index (χ1n) is 11.7. The van der Waals surface area contributed by atoms with E-state index < -0.39 is 0 Å². The van der Waals surface area contributed by atoms with Crippen molar-refractivity contribution in [3.63, 3.8) is 0 Å². The Morgan fingerprint density at radius 2 is 1.15 bits per heavy atom. The van der Waals surface area contributed by atoms with Gasteiger partial charge in [0, 0.05) is 28.7 Å². The highest BCUT2D eigenvalue weighted by Crippen LogP contribution is 2.42. The van der Waals surface area contributed by atoms with Crippen LogP contribution in [-0.4, -0.2) is 0 Å². The second-order valence-electron chi connectivity index (χ2n) is 10.3. The monoisotopic (exact) mass is 467 g/mol. The molecular weight excluding hydrogens is 438 g/mol. The molecule has 1 aliphatic heterocycles. The first-order valence-corrected chi connectivity index (χ1v) is 14.0. The van der Waals surface area contributed by atoms with Crippen LogP contribution in [0.15, 0.2) is 60.7 Å². The Morgan fingerprint density at radius 3 is 1.67 bits per heavy atom. The molecule has 0 atom stereocenters. The first-order chi connectivity index (χ1) is 15.9. The van der Waals surface area contributed by atoms with E-state index in [1.54, 1.807) is 0 Å². The number of anilines is 1. The average Bonchev–Trinajstić information content (AvgIpc) is 2.79. The molecule has 0 unspecified atom stereocenters. The zero-order chi connectivity index (χ0) is 22.7. The quantitative estimate of drug-likeness (QED) is 0.182. The number of para-hydroxylation sites is 1. The Labute approximate surface area is 204 Å². The van der Waals surface area contributed by atoms with E-state index in [0.29, 0.717) is 0 Å². The summed E-state index contributed by atoms with van der Waals surface area (Å²) in [4.78, 5) is 0. The van der Waals surface area contributed by atoms with Gasteiger partial charge in [0.2, 0.25) is 0 Å². The maximum Gasteiger partial charge on any atom is 0.0396 e. The summed E-state index contributed by atoms with van der Waals surface area (Å²) in [6.07, 6.45) is 0. The molecule has 33 heavy (non-hydrogen) atoms. The van der Waals surface area contributed by atoms with Crippen molar-refractivity contribution in [2.45, 2.75) is 49.2 Å². The van der Waals surface area contributed by atoms with Gasteiger partial charge in [-0.2, -0.15) is 23.5 Å². The summed E-state index contributed by atoms with van der Waals surface area (Å²) >= 11 is 3.95. The van der Waals surface area contributed by atoms with Crippen molar-refractivity contribution in [1.82, 2.24) is 0 Å². The number of benzene rings is 5. The van der Waals surface area contributed by atoms with Gasteiger partial charge in [0.1, 0.15) is 0 Å². The van der Waals surface area contributed by atoms with Gasteiger partial charge in [0.25, 0.3) is 0 Å². The SMILES string of the molecule is CC(C)(C)c1cc2ccc3c4cc(c5ccc(c1)c2c35)CSCc1cccc(c1N)CSC4. The molecule has 5 aromatic rings. The summed E-state index contributed by atoms with van der Waals surface area (Å²) in [5.41, 5.74) is 14.5. The molecule has 0 aliphatic carbocycles. The number of rotatable bonds is 0. The third-order valence-corrected chi connectivity index (χ3v) is 9.13. The van der Waals surface area contributed by atoms with E-state index in [9.17, 15) is 0 Å². The number of hydrogen-bond acceptors (Lipinski definition) is 3. The van der Waals surface area contributed by atoms with Crippen LogP contribution >= 0.6 is 23.5 Å². The van der Waals surface area contributed by atoms with Crippen molar-refractivity contribution < 1.29 is 0 Å². The van der Waals surface area contributed by atoms with Crippen LogP contribution in [0.2, 0.25) is 0 Å². The topological polar surface area (TPSA) is 26.0 Å². The van der Waals surface area contributed by atoms with Crippen molar-refractivity contribution in [2.24, 2.45) is 0 Å². The van der Waals surface area contributed by atoms with Gasteiger partial charge in [-0.1, -0.05) is 81.4 Å². The fourth-order valence-corrected chi connectivity index (χ4v) is 7.26. The Hall–Kier alpha value is -2.36. The fraction of sp³-hybridized carbons (Fsp3) is 0.267. The lowest BCUT2D eigenvalue weighted by atomic mass is 9.82. The van der Waals surface area contributed by atoms with Gasteiger partial charge in [-0.25, -0.2) is 0 Å². The highest BCUT2D eigenvalue weighted by molar-refractivity contribution is 7.98. The summed E-state index contributed by atoms with van der Waals surface area (Å²) in [5, 5.41) is 8.43. The number of thioether (sulfide) groups is 2. The molecule has 0 saturated carbocycles. The van der Waals surface area contributed by atoms with Crippen LogP contribution in [0.5, 0.6) is 0 Å². The number of nitrogen functional groups attached to an aromatic ring is 1. The molecule has 1 heterocycles. The lowest BCUT2D eigenvalue weighted by molar-refractivity contribution is 0.591. The predicted molar refractivity (Wildman–Crippen MR) is 150 cm³/mol. The third-order valence-electron chi connectivity index (χ3n) is 7.07. The molecule has 0 fully saturated rings. The van der Waals surface area contributed by atoms with Crippen LogP contribution in [-0.2, 0) is 28.4 Å². The Bertz CT molecular complexity index is 1410. The Balaban J connectivity index is 1.57. The molecule has 1 aliphatic rings. The minimum Gasteiger partial charge on any atom is -0.398 e. The summed E-state index contributed by atoms with van der Waals surface area (Å²) in [6.45, 7) is 6.91. The van der Waals surface area contributed by atoms with Gasteiger partial charge in [0.05, 0.1) is 0 Å². The van der Waals surface area contributed by atoms with Crippen LogP contribution in [0, 0.1) is 0 Å². The molecule has 0 spiro atoms. The van der Waals surface area contributed by atoms with Crippen LogP contribution in [0.4, 0.5) is 5.69 Å². The minimum absolute atomic E-state index is 0.138. The minimum atomic E-state index is 0.138. The van der Waals surface area contributed by atoms with E-state index in [2.05, 4.69) is 81.4 Å². The van der Waals surface area contributed by atoms with Gasteiger partial charge in [-0.15, -0.1) is 0 Å². The lowest BCUT2D eigenvalue weighted by Crippen LogP contribution is -2.10. The van der Waals surface area contributed by atoms with E-state index in [1.165, 1.54) is 60.1 Å². The van der Waals surface area contributed by atoms with E-state index in [-0.39, 0.29) is 5.41 Å². The highest BCUT2D eigenvalue weighted by Gasteiger charge is 2.19. The normalized spacial score (nSPS) is 15.1. The number of nitrogens with two attached hydrogens (primary N) is 1.